The molecule has 0 saturated carbocycles. The lowest BCUT2D eigenvalue weighted by Gasteiger charge is -2.32. The van der Waals surface area contributed by atoms with Gasteiger partial charge in [-0.05, 0) is 61.4 Å². The molecule has 1 aliphatic heterocycles. The molecule has 9 nitrogen and oxygen atoms in total. The number of nitrogens with two attached hydrogens (primary N) is 1. The molecule has 0 spiro atoms. The van der Waals surface area contributed by atoms with Gasteiger partial charge in [0.2, 0.25) is 11.8 Å². The molecule has 1 fully saturated rings. The topological polar surface area (TPSA) is 126 Å². The minimum Gasteiger partial charge on any atom is -0.457 e. The lowest BCUT2D eigenvalue weighted by atomic mass is 10.0. The summed E-state index contributed by atoms with van der Waals surface area (Å²) < 4.78 is 7.53. The summed E-state index contributed by atoms with van der Waals surface area (Å²) in [5, 5.41) is 15.8. The quantitative estimate of drug-likeness (QED) is 0.266. The van der Waals surface area contributed by atoms with Crippen molar-refractivity contribution in [3.05, 3.63) is 85.5 Å². The van der Waals surface area contributed by atoms with Crippen molar-refractivity contribution >= 4 is 23.5 Å². The Morgan fingerprint density at radius 2 is 1.78 bits per heavy atom. The van der Waals surface area contributed by atoms with Crippen molar-refractivity contribution in [3.8, 4) is 22.8 Å². The third-order valence-electron chi connectivity index (χ3n) is 5.97. The SMILES string of the molecule is C=CC(=O)NC(=N)c1c(-c2ccc(Oc3ccccc3)cc2)nn([C@@H]2CCCN(C(=O)C=C)C2)c1N. The first-order valence-corrected chi connectivity index (χ1v) is 11.6. The van der Waals surface area contributed by atoms with Crippen LogP contribution < -0.4 is 15.8 Å². The fourth-order valence-corrected chi connectivity index (χ4v) is 4.20. The number of hydrogen-bond donors (Lipinski definition) is 3. The second-order valence-corrected chi connectivity index (χ2v) is 8.35. The number of carbonyl (C=O) groups is 2. The van der Waals surface area contributed by atoms with E-state index >= 15 is 0 Å². The number of nitrogens with one attached hydrogen (secondary N) is 2. The standard InChI is InChI=1S/C27H28N6O3/c1-3-22(34)30-26(28)24-25(18-12-14-21(15-13-18)36-20-10-6-5-7-11-20)31-33(27(24)29)19-9-8-16-32(17-19)23(35)4-2/h3-7,10-15,19H,1-2,8-9,16-17,29H2,(H2,28,30,34)/t19-/m1/s1. The van der Waals surface area contributed by atoms with E-state index in [2.05, 4.69) is 18.5 Å². The zero-order valence-electron chi connectivity index (χ0n) is 19.8. The lowest BCUT2D eigenvalue weighted by molar-refractivity contribution is -0.127. The summed E-state index contributed by atoms with van der Waals surface area (Å²) >= 11 is 0. The fourth-order valence-electron chi connectivity index (χ4n) is 4.20. The van der Waals surface area contributed by atoms with Gasteiger partial charge in [-0.1, -0.05) is 31.4 Å². The number of likely N-dealkylation sites (tertiary alicyclic amines) is 1. The summed E-state index contributed by atoms with van der Waals surface area (Å²) in [5.41, 5.74) is 7.95. The minimum absolute atomic E-state index is 0.147. The maximum atomic E-state index is 12.2. The Kier molecular flexibility index (Phi) is 7.29. The molecule has 36 heavy (non-hydrogen) atoms. The Morgan fingerprint density at radius 1 is 1.08 bits per heavy atom. The third kappa shape index (κ3) is 5.20. The number of amidine groups is 1. The molecule has 0 unspecified atom stereocenters. The highest BCUT2D eigenvalue weighted by Crippen LogP contribution is 2.33. The van der Waals surface area contributed by atoms with Crippen LogP contribution in [0.5, 0.6) is 11.5 Å². The number of hydrogen-bond acceptors (Lipinski definition) is 6. The molecular weight excluding hydrogens is 456 g/mol. The highest BCUT2D eigenvalue weighted by molar-refractivity contribution is 6.14. The van der Waals surface area contributed by atoms with E-state index in [1.165, 1.54) is 6.08 Å². The van der Waals surface area contributed by atoms with Crippen LogP contribution in [-0.2, 0) is 9.59 Å². The van der Waals surface area contributed by atoms with E-state index in [1.807, 2.05) is 42.5 Å². The molecule has 4 rings (SSSR count). The third-order valence-corrected chi connectivity index (χ3v) is 5.97. The second-order valence-electron chi connectivity index (χ2n) is 8.35. The summed E-state index contributed by atoms with van der Waals surface area (Å²) in [4.78, 5) is 25.8. The van der Waals surface area contributed by atoms with Crippen molar-refractivity contribution in [1.82, 2.24) is 20.0 Å². The van der Waals surface area contributed by atoms with Gasteiger partial charge < -0.3 is 20.7 Å². The van der Waals surface area contributed by atoms with Gasteiger partial charge in [-0.25, -0.2) is 4.68 Å². The molecule has 0 bridgehead atoms. The van der Waals surface area contributed by atoms with E-state index in [0.717, 1.165) is 18.9 Å². The van der Waals surface area contributed by atoms with E-state index in [4.69, 9.17) is 21.0 Å². The minimum atomic E-state index is -0.523. The summed E-state index contributed by atoms with van der Waals surface area (Å²) in [6, 6.07) is 16.5. The van der Waals surface area contributed by atoms with E-state index in [0.29, 0.717) is 41.4 Å². The normalized spacial score (nSPS) is 15.1. The zero-order chi connectivity index (χ0) is 25.7. The predicted molar refractivity (Wildman–Crippen MR) is 139 cm³/mol. The number of para-hydroxylation sites is 1. The monoisotopic (exact) mass is 484 g/mol. The lowest BCUT2D eigenvalue weighted by Crippen LogP contribution is -2.40. The average molecular weight is 485 g/mol. The maximum absolute atomic E-state index is 12.2. The molecule has 0 radical (unpaired) electrons. The van der Waals surface area contributed by atoms with Crippen LogP contribution in [0.1, 0.15) is 24.4 Å². The number of benzene rings is 2. The van der Waals surface area contributed by atoms with Crippen LogP contribution in [0, 0.1) is 5.41 Å². The van der Waals surface area contributed by atoms with Gasteiger partial charge in [0.25, 0.3) is 0 Å². The Hall–Kier alpha value is -4.66. The fraction of sp³-hybridized carbons (Fsp3) is 0.185. The van der Waals surface area contributed by atoms with Crippen LogP contribution in [0.4, 0.5) is 5.82 Å². The van der Waals surface area contributed by atoms with Crippen molar-refractivity contribution < 1.29 is 14.3 Å². The van der Waals surface area contributed by atoms with Gasteiger partial charge in [-0.2, -0.15) is 5.10 Å². The largest absolute Gasteiger partial charge is 0.457 e. The van der Waals surface area contributed by atoms with Gasteiger partial charge >= 0.3 is 0 Å². The van der Waals surface area contributed by atoms with Crippen LogP contribution in [-0.4, -0.2) is 45.4 Å². The van der Waals surface area contributed by atoms with Gasteiger partial charge in [0.05, 0.1) is 11.6 Å². The molecule has 3 aromatic rings. The molecule has 4 N–H and O–H groups in total. The van der Waals surface area contributed by atoms with Crippen molar-refractivity contribution in [2.75, 3.05) is 18.8 Å². The number of amides is 2. The molecule has 1 aliphatic rings. The molecule has 9 heteroatoms. The van der Waals surface area contributed by atoms with E-state index in [1.54, 1.807) is 21.7 Å². The smallest absolute Gasteiger partial charge is 0.248 e. The highest BCUT2D eigenvalue weighted by Gasteiger charge is 2.29. The van der Waals surface area contributed by atoms with Crippen LogP contribution in [0.2, 0.25) is 0 Å². The first-order chi connectivity index (χ1) is 17.4. The molecule has 0 aliphatic carbocycles. The van der Waals surface area contributed by atoms with Crippen LogP contribution in [0.25, 0.3) is 11.3 Å². The van der Waals surface area contributed by atoms with Crippen molar-refractivity contribution in [2.24, 2.45) is 0 Å². The Bertz CT molecular complexity index is 1300. The summed E-state index contributed by atoms with van der Waals surface area (Å²) in [6.45, 7) is 8.08. The zero-order valence-corrected chi connectivity index (χ0v) is 19.8. The predicted octanol–water partition coefficient (Wildman–Crippen LogP) is 3.90. The molecule has 1 aromatic heterocycles. The molecule has 1 saturated heterocycles. The molecule has 1 atom stereocenters. The number of aromatic nitrogens is 2. The van der Waals surface area contributed by atoms with Gasteiger partial charge in [0.1, 0.15) is 28.8 Å². The Morgan fingerprint density at radius 3 is 2.44 bits per heavy atom. The van der Waals surface area contributed by atoms with Crippen LogP contribution >= 0.6 is 0 Å². The number of carbonyl (C=O) groups excluding carboxylic acids is 2. The van der Waals surface area contributed by atoms with Gasteiger partial charge in [-0.3, -0.25) is 15.0 Å². The summed E-state index contributed by atoms with van der Waals surface area (Å²) in [5.74, 6) is 0.736. The number of rotatable bonds is 7. The number of nitrogens with zero attached hydrogens (tertiary/aromatic N) is 3. The first-order valence-electron chi connectivity index (χ1n) is 11.6. The number of nitrogen functional groups attached to an aromatic ring is 1. The number of ether oxygens (including phenoxy) is 1. The van der Waals surface area contributed by atoms with Gasteiger partial charge in [0, 0.05) is 18.7 Å². The molecule has 2 heterocycles. The Labute approximate surface area is 209 Å². The first kappa shape index (κ1) is 24.5. The van der Waals surface area contributed by atoms with Gasteiger partial charge in [0.15, 0.2) is 0 Å². The number of anilines is 1. The van der Waals surface area contributed by atoms with Crippen molar-refractivity contribution in [2.45, 2.75) is 18.9 Å². The van der Waals surface area contributed by atoms with E-state index in [-0.39, 0.29) is 23.6 Å². The van der Waals surface area contributed by atoms with E-state index < -0.39 is 5.91 Å². The molecular formula is C27H28N6O3. The van der Waals surface area contributed by atoms with E-state index in [9.17, 15) is 9.59 Å². The molecule has 184 valence electrons. The van der Waals surface area contributed by atoms with Gasteiger partial charge in [-0.15, -0.1) is 0 Å². The highest BCUT2D eigenvalue weighted by atomic mass is 16.5. The van der Waals surface area contributed by atoms with Crippen molar-refractivity contribution in [3.63, 3.8) is 0 Å². The summed E-state index contributed by atoms with van der Waals surface area (Å²) in [6.07, 6.45) is 3.93. The molecule has 2 aromatic carbocycles. The van der Waals surface area contributed by atoms with Crippen LogP contribution in [0.15, 0.2) is 79.9 Å². The Balaban J connectivity index is 1.69. The summed E-state index contributed by atoms with van der Waals surface area (Å²) in [7, 11) is 0. The molecule has 2 amide bonds. The average Bonchev–Trinajstić information content (AvgIpc) is 3.26. The van der Waals surface area contributed by atoms with Crippen LogP contribution in [0.3, 0.4) is 0 Å². The van der Waals surface area contributed by atoms with Crippen molar-refractivity contribution in [1.29, 1.82) is 5.41 Å². The second kappa shape index (κ2) is 10.7. The number of piperidine rings is 1. The maximum Gasteiger partial charge on any atom is 0.248 e.